The molecule has 0 spiro atoms. The Morgan fingerprint density at radius 3 is 2.16 bits per heavy atom. The molecule has 2 nitrogen and oxygen atoms in total. The van der Waals surface area contributed by atoms with Crippen molar-refractivity contribution in [2.24, 2.45) is 0 Å². The van der Waals surface area contributed by atoms with E-state index >= 15 is 0 Å². The maximum absolute atomic E-state index is 13.7. The van der Waals surface area contributed by atoms with Gasteiger partial charge in [0.05, 0.1) is 13.2 Å². The molecule has 1 atom stereocenters. The predicted octanol–water partition coefficient (Wildman–Crippen LogP) is 2.96. The van der Waals surface area contributed by atoms with Crippen LogP contribution >= 0.6 is 0 Å². The van der Waals surface area contributed by atoms with Gasteiger partial charge in [-0.1, -0.05) is 36.4 Å². The summed E-state index contributed by atoms with van der Waals surface area (Å²) in [7, 11) is 0. The number of hydrogen-bond acceptors (Lipinski definition) is 2. The summed E-state index contributed by atoms with van der Waals surface area (Å²) in [5.74, 6) is 0. The van der Waals surface area contributed by atoms with Crippen LogP contribution in [0.4, 0.5) is 13.2 Å². The third-order valence-corrected chi connectivity index (χ3v) is 3.45. The SMILES string of the molecule is C=CC(c1ccccc1)(N1CCOCC1)C(F)(F)F. The minimum absolute atomic E-state index is 0.194. The second-order valence-corrected chi connectivity index (χ2v) is 4.43. The van der Waals surface area contributed by atoms with Crippen molar-refractivity contribution in [1.82, 2.24) is 4.90 Å². The molecule has 0 amide bonds. The molecule has 0 radical (unpaired) electrons. The van der Waals surface area contributed by atoms with Gasteiger partial charge in [0.2, 0.25) is 0 Å². The van der Waals surface area contributed by atoms with E-state index < -0.39 is 11.7 Å². The molecule has 104 valence electrons. The minimum Gasteiger partial charge on any atom is -0.379 e. The fraction of sp³-hybridized carbons (Fsp3) is 0.429. The first-order chi connectivity index (χ1) is 9.02. The highest BCUT2D eigenvalue weighted by atomic mass is 19.4. The summed E-state index contributed by atoms with van der Waals surface area (Å²) in [6.07, 6.45) is -3.43. The van der Waals surface area contributed by atoms with Crippen LogP contribution in [0.5, 0.6) is 0 Å². The monoisotopic (exact) mass is 271 g/mol. The standard InChI is InChI=1S/C14H16F3NO/c1-2-13(14(15,16)17,12-6-4-3-5-7-12)18-8-10-19-11-9-18/h2-7H,1,8-11H2. The van der Waals surface area contributed by atoms with Gasteiger partial charge in [0.25, 0.3) is 0 Å². The molecule has 1 aliphatic heterocycles. The lowest BCUT2D eigenvalue weighted by Gasteiger charge is -2.44. The molecular formula is C14H16F3NO. The maximum atomic E-state index is 13.7. The fourth-order valence-corrected chi connectivity index (χ4v) is 2.50. The average molecular weight is 271 g/mol. The van der Waals surface area contributed by atoms with Crippen molar-refractivity contribution in [1.29, 1.82) is 0 Å². The normalized spacial score (nSPS) is 20.8. The molecule has 5 heteroatoms. The molecule has 1 fully saturated rings. The third kappa shape index (κ3) is 2.40. The Bertz CT molecular complexity index is 426. The number of alkyl halides is 3. The van der Waals surface area contributed by atoms with Crippen LogP contribution in [0, 0.1) is 0 Å². The number of rotatable bonds is 3. The zero-order chi connectivity index (χ0) is 13.9. The van der Waals surface area contributed by atoms with Gasteiger partial charge in [0.1, 0.15) is 0 Å². The molecule has 0 aromatic heterocycles. The lowest BCUT2D eigenvalue weighted by atomic mass is 9.86. The molecule has 0 saturated carbocycles. The van der Waals surface area contributed by atoms with Crippen molar-refractivity contribution < 1.29 is 17.9 Å². The molecule has 1 heterocycles. The summed E-state index contributed by atoms with van der Waals surface area (Å²) >= 11 is 0. The van der Waals surface area contributed by atoms with Gasteiger partial charge in [-0.2, -0.15) is 13.2 Å². The summed E-state index contributed by atoms with van der Waals surface area (Å²) in [5, 5.41) is 0. The van der Waals surface area contributed by atoms with Crippen LogP contribution in [0.1, 0.15) is 5.56 Å². The Balaban J connectivity index is 2.51. The average Bonchev–Trinajstić information content (AvgIpc) is 2.41. The van der Waals surface area contributed by atoms with Crippen molar-refractivity contribution in [3.63, 3.8) is 0 Å². The lowest BCUT2D eigenvalue weighted by Crippen LogP contribution is -2.58. The van der Waals surface area contributed by atoms with Crippen molar-refractivity contribution in [3.05, 3.63) is 48.6 Å². The quantitative estimate of drug-likeness (QED) is 0.784. The molecule has 19 heavy (non-hydrogen) atoms. The van der Waals surface area contributed by atoms with Gasteiger partial charge < -0.3 is 4.74 Å². The second-order valence-electron chi connectivity index (χ2n) is 4.43. The number of morpholine rings is 1. The van der Waals surface area contributed by atoms with E-state index in [1.54, 1.807) is 18.2 Å². The van der Waals surface area contributed by atoms with E-state index in [-0.39, 0.29) is 18.7 Å². The molecule has 1 aromatic carbocycles. The van der Waals surface area contributed by atoms with Crippen LogP contribution in [0.25, 0.3) is 0 Å². The van der Waals surface area contributed by atoms with Gasteiger partial charge in [-0.05, 0) is 5.56 Å². The van der Waals surface area contributed by atoms with Gasteiger partial charge in [-0.3, -0.25) is 4.90 Å². The van der Waals surface area contributed by atoms with E-state index in [9.17, 15) is 13.2 Å². The van der Waals surface area contributed by atoms with E-state index in [4.69, 9.17) is 4.74 Å². The Morgan fingerprint density at radius 2 is 1.68 bits per heavy atom. The van der Waals surface area contributed by atoms with Gasteiger partial charge in [0.15, 0.2) is 5.54 Å². The fourth-order valence-electron chi connectivity index (χ4n) is 2.50. The number of benzene rings is 1. The van der Waals surface area contributed by atoms with Gasteiger partial charge >= 0.3 is 6.18 Å². The van der Waals surface area contributed by atoms with Crippen LogP contribution in [0.15, 0.2) is 43.0 Å². The summed E-state index contributed by atoms with van der Waals surface area (Å²) < 4.78 is 46.2. The topological polar surface area (TPSA) is 12.5 Å². The Kier molecular flexibility index (Phi) is 3.96. The van der Waals surface area contributed by atoms with Crippen LogP contribution in [-0.2, 0) is 10.3 Å². The summed E-state index contributed by atoms with van der Waals surface area (Å²) in [6.45, 7) is 4.53. The van der Waals surface area contributed by atoms with Crippen molar-refractivity contribution in [2.45, 2.75) is 11.7 Å². The first kappa shape index (κ1) is 14.1. The molecule has 1 aliphatic rings. The Labute approximate surface area is 110 Å². The zero-order valence-electron chi connectivity index (χ0n) is 10.5. The molecule has 1 saturated heterocycles. The molecule has 1 aromatic rings. The van der Waals surface area contributed by atoms with Gasteiger partial charge in [-0.25, -0.2) is 0 Å². The first-order valence-electron chi connectivity index (χ1n) is 6.11. The van der Waals surface area contributed by atoms with E-state index in [1.165, 1.54) is 17.0 Å². The molecule has 2 rings (SSSR count). The van der Waals surface area contributed by atoms with Crippen molar-refractivity contribution in [3.8, 4) is 0 Å². The number of halogens is 3. The van der Waals surface area contributed by atoms with E-state index in [0.29, 0.717) is 13.2 Å². The Morgan fingerprint density at radius 1 is 1.11 bits per heavy atom. The summed E-state index contributed by atoms with van der Waals surface area (Å²) in [5.41, 5.74) is -1.95. The molecular weight excluding hydrogens is 255 g/mol. The highest BCUT2D eigenvalue weighted by Crippen LogP contribution is 2.45. The van der Waals surface area contributed by atoms with Crippen LogP contribution in [0.3, 0.4) is 0 Å². The minimum atomic E-state index is -4.42. The smallest absolute Gasteiger partial charge is 0.379 e. The van der Waals surface area contributed by atoms with Crippen LogP contribution < -0.4 is 0 Å². The zero-order valence-corrected chi connectivity index (χ0v) is 10.5. The van der Waals surface area contributed by atoms with Crippen LogP contribution in [-0.4, -0.2) is 37.4 Å². The van der Waals surface area contributed by atoms with Crippen molar-refractivity contribution in [2.75, 3.05) is 26.3 Å². The van der Waals surface area contributed by atoms with Gasteiger partial charge in [-0.15, -0.1) is 6.58 Å². The van der Waals surface area contributed by atoms with E-state index in [2.05, 4.69) is 6.58 Å². The maximum Gasteiger partial charge on any atom is 0.414 e. The highest BCUT2D eigenvalue weighted by molar-refractivity contribution is 5.32. The molecule has 0 N–H and O–H groups in total. The van der Waals surface area contributed by atoms with Crippen LogP contribution in [0.2, 0.25) is 0 Å². The Hall–Kier alpha value is -1.33. The van der Waals surface area contributed by atoms with E-state index in [0.717, 1.165) is 6.08 Å². The third-order valence-electron chi connectivity index (χ3n) is 3.45. The van der Waals surface area contributed by atoms with Gasteiger partial charge in [0, 0.05) is 13.1 Å². The predicted molar refractivity (Wildman–Crippen MR) is 66.8 cm³/mol. The number of hydrogen-bond donors (Lipinski definition) is 0. The summed E-state index contributed by atoms with van der Waals surface area (Å²) in [4.78, 5) is 1.39. The molecule has 0 bridgehead atoms. The largest absolute Gasteiger partial charge is 0.414 e. The molecule has 0 aliphatic carbocycles. The molecule has 1 unspecified atom stereocenters. The van der Waals surface area contributed by atoms with Crippen molar-refractivity contribution >= 4 is 0 Å². The van der Waals surface area contributed by atoms with E-state index in [1.807, 2.05) is 0 Å². The summed E-state index contributed by atoms with van der Waals surface area (Å²) in [6, 6.07) is 7.90. The number of ether oxygens (including phenoxy) is 1. The number of nitrogens with zero attached hydrogens (tertiary/aromatic N) is 1. The first-order valence-corrected chi connectivity index (χ1v) is 6.11. The highest BCUT2D eigenvalue weighted by Gasteiger charge is 2.57. The lowest BCUT2D eigenvalue weighted by molar-refractivity contribution is -0.228. The second kappa shape index (κ2) is 5.35.